The molecule has 23 heavy (non-hydrogen) atoms. The maximum Gasteiger partial charge on any atom is 0.139 e. The highest BCUT2D eigenvalue weighted by Gasteiger charge is 2.07. The van der Waals surface area contributed by atoms with E-state index in [0.29, 0.717) is 0 Å². The second kappa shape index (κ2) is 6.14. The fourth-order valence-corrected chi connectivity index (χ4v) is 3.65. The summed E-state index contributed by atoms with van der Waals surface area (Å²) in [6, 6.07) is 16.0. The zero-order chi connectivity index (χ0) is 15.6. The van der Waals surface area contributed by atoms with Gasteiger partial charge in [0.1, 0.15) is 17.2 Å². The summed E-state index contributed by atoms with van der Waals surface area (Å²) < 4.78 is 2.96. The number of hydrogen-bond acceptors (Lipinski definition) is 4. The zero-order valence-corrected chi connectivity index (χ0v) is 14.3. The molecule has 4 nitrogen and oxygen atoms in total. The molecule has 1 aromatic carbocycles. The second-order valence-corrected chi connectivity index (χ2v) is 6.89. The Labute approximate surface area is 145 Å². The minimum Gasteiger partial charge on any atom is -0.283 e. The topological polar surface area (TPSA) is 43.6 Å². The van der Waals surface area contributed by atoms with Crippen LogP contribution in [0, 0.1) is 0 Å². The Kier molecular flexibility index (Phi) is 3.85. The van der Waals surface area contributed by atoms with Crippen LogP contribution in [-0.4, -0.2) is 19.5 Å². The molecule has 0 aliphatic rings. The number of para-hydroxylation sites is 2. The Morgan fingerprint density at radius 2 is 1.91 bits per heavy atom. The Morgan fingerprint density at radius 1 is 1.00 bits per heavy atom. The molecular weight excluding hydrogens is 372 g/mol. The number of nitrogens with zero attached hydrogens (tertiary/aromatic N) is 4. The maximum absolute atomic E-state index is 4.73. The first-order chi connectivity index (χ1) is 11.3. The highest BCUT2D eigenvalue weighted by molar-refractivity contribution is 9.10. The molecule has 0 radical (unpaired) electrons. The lowest BCUT2D eigenvalue weighted by atomic mass is 10.3. The van der Waals surface area contributed by atoms with Gasteiger partial charge in [0.05, 0.1) is 11.0 Å². The van der Waals surface area contributed by atoms with Crippen molar-refractivity contribution in [1.82, 2.24) is 19.5 Å². The number of halogens is 1. The number of aromatic nitrogens is 4. The first-order valence-electron chi connectivity index (χ1n) is 6.97. The Balaban J connectivity index is 1.71. The summed E-state index contributed by atoms with van der Waals surface area (Å²) in [4.78, 5) is 14.4. The van der Waals surface area contributed by atoms with E-state index in [0.717, 1.165) is 31.2 Å². The van der Waals surface area contributed by atoms with Crippen molar-refractivity contribution in [1.29, 1.82) is 0 Å². The number of rotatable bonds is 3. The molecule has 0 aliphatic carbocycles. The van der Waals surface area contributed by atoms with Gasteiger partial charge in [0.25, 0.3) is 0 Å². The number of imidazole rings is 1. The van der Waals surface area contributed by atoms with Crippen molar-refractivity contribution < 1.29 is 0 Å². The van der Waals surface area contributed by atoms with Gasteiger partial charge in [0, 0.05) is 21.8 Å². The van der Waals surface area contributed by atoms with E-state index >= 15 is 0 Å². The van der Waals surface area contributed by atoms with Gasteiger partial charge in [-0.1, -0.05) is 30.0 Å². The van der Waals surface area contributed by atoms with Crippen LogP contribution in [0.25, 0.3) is 16.9 Å². The standard InChI is InChI=1S/C17H11BrN4S/c18-12-8-13(10-19-9-12)23-17-7-3-6-16(21-17)22-11-20-14-4-1-2-5-15(14)22/h1-11H. The largest absolute Gasteiger partial charge is 0.283 e. The van der Waals surface area contributed by atoms with Crippen LogP contribution in [-0.2, 0) is 0 Å². The zero-order valence-electron chi connectivity index (χ0n) is 11.9. The quantitative estimate of drug-likeness (QED) is 0.513. The van der Waals surface area contributed by atoms with Gasteiger partial charge >= 0.3 is 0 Å². The molecule has 0 spiro atoms. The van der Waals surface area contributed by atoms with Crippen molar-refractivity contribution in [2.75, 3.05) is 0 Å². The highest BCUT2D eigenvalue weighted by atomic mass is 79.9. The van der Waals surface area contributed by atoms with E-state index in [9.17, 15) is 0 Å². The molecule has 3 aromatic heterocycles. The second-order valence-electron chi connectivity index (χ2n) is 4.88. The van der Waals surface area contributed by atoms with Gasteiger partial charge < -0.3 is 0 Å². The van der Waals surface area contributed by atoms with Crippen molar-refractivity contribution in [2.24, 2.45) is 0 Å². The molecule has 0 aliphatic heterocycles. The van der Waals surface area contributed by atoms with E-state index in [-0.39, 0.29) is 0 Å². The molecule has 3 heterocycles. The van der Waals surface area contributed by atoms with E-state index < -0.39 is 0 Å². The van der Waals surface area contributed by atoms with Crippen molar-refractivity contribution in [3.05, 3.63) is 71.7 Å². The minimum absolute atomic E-state index is 0.853. The van der Waals surface area contributed by atoms with Crippen LogP contribution in [0.1, 0.15) is 0 Å². The van der Waals surface area contributed by atoms with Gasteiger partial charge in [0.15, 0.2) is 0 Å². The summed E-state index contributed by atoms with van der Waals surface area (Å²) in [5.41, 5.74) is 2.01. The summed E-state index contributed by atoms with van der Waals surface area (Å²) in [6.07, 6.45) is 5.41. The van der Waals surface area contributed by atoms with Crippen LogP contribution in [0.15, 0.2) is 81.6 Å². The van der Waals surface area contributed by atoms with E-state index in [1.165, 1.54) is 0 Å². The molecule has 0 bridgehead atoms. The number of benzene rings is 1. The van der Waals surface area contributed by atoms with Gasteiger partial charge in [-0.25, -0.2) is 9.97 Å². The summed E-state index contributed by atoms with van der Waals surface area (Å²) in [5, 5.41) is 0.917. The van der Waals surface area contributed by atoms with Crippen LogP contribution < -0.4 is 0 Å². The van der Waals surface area contributed by atoms with Crippen molar-refractivity contribution in [2.45, 2.75) is 9.92 Å². The Hall–Kier alpha value is -2.18. The summed E-state index contributed by atoms with van der Waals surface area (Å²) in [5.74, 6) is 0.853. The van der Waals surface area contributed by atoms with Crippen LogP contribution in [0.2, 0.25) is 0 Å². The molecule has 0 saturated carbocycles. The number of pyridine rings is 2. The molecule has 0 N–H and O–H groups in total. The van der Waals surface area contributed by atoms with Gasteiger partial charge in [0.2, 0.25) is 0 Å². The normalized spacial score (nSPS) is 11.0. The maximum atomic E-state index is 4.73. The van der Waals surface area contributed by atoms with E-state index in [4.69, 9.17) is 4.98 Å². The molecule has 4 rings (SSSR count). The molecule has 0 saturated heterocycles. The van der Waals surface area contributed by atoms with E-state index in [2.05, 4.69) is 25.9 Å². The number of fused-ring (bicyclic) bond motifs is 1. The fourth-order valence-electron chi connectivity index (χ4n) is 2.31. The van der Waals surface area contributed by atoms with Crippen LogP contribution >= 0.6 is 27.7 Å². The molecule has 6 heteroatoms. The molecule has 4 aromatic rings. The van der Waals surface area contributed by atoms with Crippen molar-refractivity contribution in [3.63, 3.8) is 0 Å². The van der Waals surface area contributed by atoms with E-state index in [1.54, 1.807) is 18.0 Å². The lowest BCUT2D eigenvalue weighted by molar-refractivity contribution is 0.973. The summed E-state index contributed by atoms with van der Waals surface area (Å²) in [7, 11) is 0. The van der Waals surface area contributed by atoms with Gasteiger partial charge in [-0.15, -0.1) is 0 Å². The third-order valence-electron chi connectivity index (χ3n) is 3.31. The molecule has 0 atom stereocenters. The van der Waals surface area contributed by atoms with Crippen molar-refractivity contribution in [3.8, 4) is 5.82 Å². The van der Waals surface area contributed by atoms with Gasteiger partial charge in [-0.3, -0.25) is 9.55 Å². The molecule has 0 unspecified atom stereocenters. The number of hydrogen-bond donors (Lipinski definition) is 0. The van der Waals surface area contributed by atoms with Crippen LogP contribution in [0.4, 0.5) is 0 Å². The van der Waals surface area contributed by atoms with Crippen LogP contribution in [0.3, 0.4) is 0 Å². The summed E-state index contributed by atoms with van der Waals surface area (Å²) in [6.45, 7) is 0. The van der Waals surface area contributed by atoms with Gasteiger partial charge in [-0.05, 0) is 46.3 Å². The smallest absolute Gasteiger partial charge is 0.139 e. The third kappa shape index (κ3) is 3.00. The van der Waals surface area contributed by atoms with E-state index in [1.807, 2.05) is 65.6 Å². The molecule has 0 amide bonds. The lowest BCUT2D eigenvalue weighted by Gasteiger charge is -2.06. The lowest BCUT2D eigenvalue weighted by Crippen LogP contribution is -1.96. The first kappa shape index (κ1) is 14.4. The van der Waals surface area contributed by atoms with Crippen molar-refractivity contribution >= 4 is 38.7 Å². The van der Waals surface area contributed by atoms with Gasteiger partial charge in [-0.2, -0.15) is 0 Å². The molecular formula is C17H11BrN4S. The molecule has 0 fully saturated rings. The Bertz CT molecular complexity index is 983. The predicted octanol–water partition coefficient (Wildman–Crippen LogP) is 4.73. The first-order valence-corrected chi connectivity index (χ1v) is 8.58. The SMILES string of the molecule is Brc1cncc(Sc2cccc(-n3cnc4ccccc43)n2)c1. The predicted molar refractivity (Wildman–Crippen MR) is 94.9 cm³/mol. The average Bonchev–Trinajstić information content (AvgIpc) is 2.99. The third-order valence-corrected chi connectivity index (χ3v) is 4.64. The minimum atomic E-state index is 0.853. The molecule has 112 valence electrons. The van der Waals surface area contributed by atoms with Crippen LogP contribution in [0.5, 0.6) is 0 Å². The highest BCUT2D eigenvalue weighted by Crippen LogP contribution is 2.28. The monoisotopic (exact) mass is 382 g/mol. The summed E-state index contributed by atoms with van der Waals surface area (Å²) >= 11 is 5.02. The average molecular weight is 383 g/mol. The fraction of sp³-hybridized carbons (Fsp3) is 0. The Morgan fingerprint density at radius 3 is 2.83 bits per heavy atom.